The number of thioether (sulfide) groups is 1. The highest BCUT2D eigenvalue weighted by Gasteiger charge is 2.15. The van der Waals surface area contributed by atoms with E-state index in [1.807, 2.05) is 85.1 Å². The van der Waals surface area contributed by atoms with E-state index in [1.54, 1.807) is 10.6 Å². The Bertz CT molecular complexity index is 1540. The third-order valence-electron chi connectivity index (χ3n) is 5.35. The number of hydrogen-bond acceptors (Lipinski definition) is 6. The molecule has 0 fully saturated rings. The fourth-order valence-corrected chi connectivity index (χ4v) is 5.43. The minimum absolute atomic E-state index is 0.0986. The zero-order chi connectivity index (χ0) is 24.2. The van der Waals surface area contributed by atoms with Gasteiger partial charge in [-0.15, -0.1) is 11.3 Å². The van der Waals surface area contributed by atoms with Crippen molar-refractivity contribution in [2.75, 3.05) is 5.32 Å². The fraction of sp³-hybridized carbons (Fsp3) is 0.111. The quantitative estimate of drug-likeness (QED) is 0.233. The molecule has 35 heavy (non-hydrogen) atoms. The maximum Gasteiger partial charge on any atom is 0.266 e. The summed E-state index contributed by atoms with van der Waals surface area (Å²) in [6, 6.07) is 24.6. The van der Waals surface area contributed by atoms with E-state index in [0.29, 0.717) is 21.8 Å². The molecule has 6 nitrogen and oxygen atoms in total. The number of aryl methyl sites for hydroxylation is 1. The maximum atomic E-state index is 13.4. The van der Waals surface area contributed by atoms with Crippen LogP contribution in [0.2, 0.25) is 0 Å². The van der Waals surface area contributed by atoms with E-state index in [2.05, 4.69) is 10.3 Å². The molecule has 174 valence electrons. The fourth-order valence-electron chi connectivity index (χ4n) is 3.63. The lowest BCUT2D eigenvalue weighted by Crippen LogP contribution is -2.21. The van der Waals surface area contributed by atoms with Gasteiger partial charge in [-0.2, -0.15) is 0 Å². The summed E-state index contributed by atoms with van der Waals surface area (Å²) in [6.45, 7) is 2.01. The smallest absolute Gasteiger partial charge is 0.266 e. The van der Waals surface area contributed by atoms with Gasteiger partial charge < -0.3 is 5.32 Å². The number of rotatable bonds is 7. The minimum atomic E-state index is -0.103. The van der Waals surface area contributed by atoms with Crippen LogP contribution in [-0.4, -0.2) is 20.4 Å². The molecule has 2 heterocycles. The van der Waals surface area contributed by atoms with Crippen molar-refractivity contribution in [3.63, 3.8) is 0 Å². The number of benzene rings is 3. The number of aromatic nitrogens is 3. The van der Waals surface area contributed by atoms with Crippen LogP contribution in [-0.2, 0) is 17.0 Å². The first-order valence-electron chi connectivity index (χ1n) is 11.1. The molecule has 5 aromatic rings. The van der Waals surface area contributed by atoms with E-state index >= 15 is 0 Å². The minimum Gasteiger partial charge on any atom is -0.326 e. The van der Waals surface area contributed by atoms with E-state index in [-0.39, 0.29) is 17.9 Å². The number of para-hydroxylation sites is 2. The summed E-state index contributed by atoms with van der Waals surface area (Å²) in [7, 11) is 0. The van der Waals surface area contributed by atoms with Gasteiger partial charge in [0, 0.05) is 16.8 Å². The highest BCUT2D eigenvalue weighted by molar-refractivity contribution is 7.98. The first kappa shape index (κ1) is 23.0. The molecule has 0 atom stereocenters. The van der Waals surface area contributed by atoms with Gasteiger partial charge in [0.05, 0.1) is 28.7 Å². The van der Waals surface area contributed by atoms with Gasteiger partial charge in [-0.05, 0) is 43.3 Å². The second kappa shape index (κ2) is 10.2. The van der Waals surface area contributed by atoms with Crippen LogP contribution in [0.3, 0.4) is 0 Å². The number of fused-ring (bicyclic) bond motifs is 1. The number of carbonyl (C=O) groups excluding carboxylic acids is 1. The van der Waals surface area contributed by atoms with Crippen LogP contribution < -0.4 is 10.9 Å². The summed E-state index contributed by atoms with van der Waals surface area (Å²) < 4.78 is 1.66. The van der Waals surface area contributed by atoms with Crippen LogP contribution in [0.5, 0.6) is 0 Å². The van der Waals surface area contributed by atoms with Gasteiger partial charge in [-0.3, -0.25) is 14.2 Å². The molecular weight excluding hydrogens is 476 g/mol. The van der Waals surface area contributed by atoms with Crippen molar-refractivity contribution < 1.29 is 4.79 Å². The summed E-state index contributed by atoms with van der Waals surface area (Å²) in [4.78, 5) is 35.1. The third-order valence-corrected chi connectivity index (χ3v) is 7.22. The molecule has 0 saturated carbocycles. The Labute approximate surface area is 210 Å². The highest BCUT2D eigenvalue weighted by Crippen LogP contribution is 2.26. The highest BCUT2D eigenvalue weighted by atomic mass is 32.2. The number of amides is 1. The van der Waals surface area contributed by atoms with Crippen molar-refractivity contribution in [3.05, 3.63) is 111 Å². The third kappa shape index (κ3) is 5.34. The Morgan fingerprint density at radius 3 is 2.51 bits per heavy atom. The largest absolute Gasteiger partial charge is 0.326 e. The summed E-state index contributed by atoms with van der Waals surface area (Å²) in [5.41, 5.74) is 4.08. The summed E-state index contributed by atoms with van der Waals surface area (Å²) in [6.07, 6.45) is 0.215. The van der Waals surface area contributed by atoms with Crippen LogP contribution >= 0.6 is 23.1 Å². The van der Waals surface area contributed by atoms with Crippen LogP contribution in [0, 0.1) is 6.92 Å². The van der Waals surface area contributed by atoms with Crippen LogP contribution in [0.15, 0.2) is 94.2 Å². The van der Waals surface area contributed by atoms with Gasteiger partial charge in [-0.25, -0.2) is 9.97 Å². The van der Waals surface area contributed by atoms with E-state index in [4.69, 9.17) is 4.98 Å². The molecule has 0 unspecified atom stereocenters. The van der Waals surface area contributed by atoms with Crippen molar-refractivity contribution in [2.24, 2.45) is 0 Å². The van der Waals surface area contributed by atoms with Crippen molar-refractivity contribution in [1.29, 1.82) is 0 Å². The molecule has 3 aromatic carbocycles. The normalized spacial score (nSPS) is 11.0. The topological polar surface area (TPSA) is 76.9 Å². The molecule has 0 bridgehead atoms. The van der Waals surface area contributed by atoms with Gasteiger partial charge >= 0.3 is 0 Å². The average molecular weight is 499 g/mol. The number of carbonyl (C=O) groups is 1. The molecule has 0 radical (unpaired) electrons. The Hall–Kier alpha value is -3.75. The lowest BCUT2D eigenvalue weighted by molar-refractivity contribution is -0.115. The van der Waals surface area contributed by atoms with Crippen LogP contribution in [0.25, 0.3) is 16.6 Å². The molecular formula is C27H22N4O2S2. The monoisotopic (exact) mass is 498 g/mol. The SMILES string of the molecule is Cc1ccc(-n2c(SCc3csc(CC(=O)Nc4ccccc4)n3)nc3ccccc3c2=O)cc1. The average Bonchev–Trinajstić information content (AvgIpc) is 3.31. The van der Waals surface area contributed by atoms with Crippen LogP contribution in [0.1, 0.15) is 16.3 Å². The molecule has 1 amide bonds. The lowest BCUT2D eigenvalue weighted by Gasteiger charge is -2.13. The Morgan fingerprint density at radius 2 is 1.71 bits per heavy atom. The molecule has 0 spiro atoms. The standard InChI is InChI=1S/C27H22N4O2S2/c1-18-11-13-21(14-12-18)31-26(33)22-9-5-6-10-23(22)30-27(31)35-17-20-16-34-25(29-20)15-24(32)28-19-7-3-2-4-8-19/h2-14,16H,15,17H2,1H3,(H,28,32). The predicted octanol–water partition coefficient (Wildman–Crippen LogP) is 5.62. The second-order valence-corrected chi connectivity index (χ2v) is 9.89. The van der Waals surface area contributed by atoms with Gasteiger partial charge in [0.1, 0.15) is 5.01 Å². The molecule has 0 aliphatic heterocycles. The van der Waals surface area contributed by atoms with Crippen molar-refractivity contribution in [1.82, 2.24) is 14.5 Å². The van der Waals surface area contributed by atoms with E-state index < -0.39 is 0 Å². The molecule has 1 N–H and O–H groups in total. The van der Waals surface area contributed by atoms with Crippen molar-refractivity contribution in [3.8, 4) is 5.69 Å². The van der Waals surface area contributed by atoms with E-state index in [9.17, 15) is 9.59 Å². The maximum absolute atomic E-state index is 13.4. The van der Waals surface area contributed by atoms with Crippen molar-refractivity contribution >= 4 is 45.6 Å². The Morgan fingerprint density at radius 1 is 0.971 bits per heavy atom. The number of anilines is 1. The van der Waals surface area contributed by atoms with Gasteiger partial charge in [0.25, 0.3) is 5.56 Å². The van der Waals surface area contributed by atoms with Crippen LogP contribution in [0.4, 0.5) is 5.69 Å². The Balaban J connectivity index is 1.36. The molecule has 5 rings (SSSR count). The molecule has 8 heteroatoms. The Kier molecular flexibility index (Phi) is 6.74. The first-order chi connectivity index (χ1) is 17.1. The molecule has 2 aromatic heterocycles. The second-order valence-electron chi connectivity index (χ2n) is 8.00. The van der Waals surface area contributed by atoms with Crippen molar-refractivity contribution in [2.45, 2.75) is 24.3 Å². The summed E-state index contributed by atoms with van der Waals surface area (Å²) >= 11 is 2.92. The number of nitrogens with zero attached hydrogens (tertiary/aromatic N) is 3. The molecule has 0 aliphatic rings. The first-order valence-corrected chi connectivity index (χ1v) is 12.9. The number of thiazole rings is 1. The molecule has 0 saturated heterocycles. The lowest BCUT2D eigenvalue weighted by atomic mass is 10.2. The predicted molar refractivity (Wildman–Crippen MR) is 143 cm³/mol. The van der Waals surface area contributed by atoms with E-state index in [0.717, 1.165) is 27.6 Å². The molecule has 0 aliphatic carbocycles. The number of nitrogens with one attached hydrogen (secondary N) is 1. The van der Waals surface area contributed by atoms with Gasteiger partial charge in [0.15, 0.2) is 5.16 Å². The number of hydrogen-bond donors (Lipinski definition) is 1. The zero-order valence-corrected chi connectivity index (χ0v) is 20.6. The zero-order valence-electron chi connectivity index (χ0n) is 19.0. The van der Waals surface area contributed by atoms with E-state index in [1.165, 1.54) is 23.1 Å². The summed E-state index contributed by atoms with van der Waals surface area (Å²) in [5.74, 6) is 0.433. The van der Waals surface area contributed by atoms with Gasteiger partial charge in [0.2, 0.25) is 5.91 Å². The summed E-state index contributed by atoms with van der Waals surface area (Å²) in [5, 5.41) is 6.77. The van der Waals surface area contributed by atoms with Gasteiger partial charge in [-0.1, -0.05) is 59.8 Å².